The van der Waals surface area contributed by atoms with Crippen molar-refractivity contribution in [3.63, 3.8) is 0 Å². The van der Waals surface area contributed by atoms with Gasteiger partial charge in [-0.3, -0.25) is 9.58 Å². The Balaban J connectivity index is 1.32. The number of benzene rings is 1. The molecule has 4 rings (SSSR count). The number of nitrogens with zero attached hydrogens (tertiary/aromatic N) is 6. The Kier molecular flexibility index (Phi) is 5.50. The third kappa shape index (κ3) is 4.37. The van der Waals surface area contributed by atoms with Crippen LogP contribution in [-0.4, -0.2) is 62.9 Å². The van der Waals surface area contributed by atoms with Crippen LogP contribution >= 0.6 is 0 Å². The van der Waals surface area contributed by atoms with E-state index < -0.39 is 0 Å². The van der Waals surface area contributed by atoms with Gasteiger partial charge in [0.2, 0.25) is 0 Å². The number of hydrogen-bond donors (Lipinski definition) is 0. The molecule has 0 aliphatic carbocycles. The summed E-state index contributed by atoms with van der Waals surface area (Å²) in [7, 11) is 0. The van der Waals surface area contributed by atoms with E-state index in [1.807, 2.05) is 10.9 Å². The fraction of sp³-hybridized carbons (Fsp3) is 0.444. The standard InChI is InChI=1S/C18H21FN6O2/c19-15-3-1-4-16-18(15)17(11-20-22-16)27-13-14-12-25(23-21-14)6-2-5-24-7-9-26-10-8-24/h1,3-4,11-12H,2,5-10,13H2. The first-order valence-electron chi connectivity index (χ1n) is 9.01. The lowest BCUT2D eigenvalue weighted by atomic mass is 10.2. The van der Waals surface area contributed by atoms with Crippen LogP contribution in [0.1, 0.15) is 12.1 Å². The van der Waals surface area contributed by atoms with E-state index in [1.54, 1.807) is 12.1 Å². The lowest BCUT2D eigenvalue weighted by Crippen LogP contribution is -2.37. The minimum absolute atomic E-state index is 0.193. The largest absolute Gasteiger partial charge is 0.485 e. The minimum atomic E-state index is -0.385. The van der Waals surface area contributed by atoms with Crippen LogP contribution < -0.4 is 4.74 Å². The predicted octanol–water partition coefficient (Wildman–Crippen LogP) is 1.66. The van der Waals surface area contributed by atoms with Crippen molar-refractivity contribution in [3.05, 3.63) is 42.1 Å². The Labute approximate surface area is 155 Å². The predicted molar refractivity (Wildman–Crippen MR) is 95.7 cm³/mol. The van der Waals surface area contributed by atoms with E-state index in [9.17, 15) is 4.39 Å². The van der Waals surface area contributed by atoms with Gasteiger partial charge in [-0.2, -0.15) is 10.2 Å². The molecule has 8 nitrogen and oxygen atoms in total. The summed E-state index contributed by atoms with van der Waals surface area (Å²) in [5, 5.41) is 16.4. The molecule has 3 heterocycles. The van der Waals surface area contributed by atoms with Crippen LogP contribution in [0.4, 0.5) is 4.39 Å². The smallest absolute Gasteiger partial charge is 0.152 e. The normalized spacial score (nSPS) is 15.3. The van der Waals surface area contributed by atoms with Gasteiger partial charge in [0.15, 0.2) is 5.75 Å². The van der Waals surface area contributed by atoms with Crippen molar-refractivity contribution in [1.82, 2.24) is 30.1 Å². The molecule has 0 atom stereocenters. The third-order valence-corrected chi connectivity index (χ3v) is 4.51. The number of ether oxygens (including phenoxy) is 2. The highest BCUT2D eigenvalue weighted by molar-refractivity contribution is 5.84. The number of aryl methyl sites for hydroxylation is 1. The Bertz CT molecular complexity index is 891. The third-order valence-electron chi connectivity index (χ3n) is 4.51. The monoisotopic (exact) mass is 372 g/mol. The quantitative estimate of drug-likeness (QED) is 0.624. The minimum Gasteiger partial charge on any atom is -0.485 e. The molecule has 1 aromatic carbocycles. The van der Waals surface area contributed by atoms with Crippen LogP contribution in [0.3, 0.4) is 0 Å². The number of hydrogen-bond acceptors (Lipinski definition) is 7. The highest BCUT2D eigenvalue weighted by Gasteiger charge is 2.12. The molecule has 27 heavy (non-hydrogen) atoms. The van der Waals surface area contributed by atoms with Crippen LogP contribution in [-0.2, 0) is 17.9 Å². The number of rotatable bonds is 7. The molecule has 1 aliphatic heterocycles. The summed E-state index contributed by atoms with van der Waals surface area (Å²) in [6.45, 7) is 5.59. The van der Waals surface area contributed by atoms with Gasteiger partial charge < -0.3 is 9.47 Å². The second kappa shape index (κ2) is 8.36. The molecule has 1 saturated heterocycles. The van der Waals surface area contributed by atoms with E-state index >= 15 is 0 Å². The zero-order valence-electron chi connectivity index (χ0n) is 14.9. The Hall–Kier alpha value is -2.65. The number of aromatic nitrogens is 5. The molecule has 0 bridgehead atoms. The molecular weight excluding hydrogens is 351 g/mol. The summed E-state index contributed by atoms with van der Waals surface area (Å²) < 4.78 is 27.0. The molecule has 0 unspecified atom stereocenters. The van der Waals surface area contributed by atoms with Crippen molar-refractivity contribution < 1.29 is 13.9 Å². The average molecular weight is 372 g/mol. The second-order valence-electron chi connectivity index (χ2n) is 6.41. The highest BCUT2D eigenvalue weighted by atomic mass is 19.1. The summed E-state index contributed by atoms with van der Waals surface area (Å²) in [4.78, 5) is 2.39. The van der Waals surface area contributed by atoms with Gasteiger partial charge >= 0.3 is 0 Å². The first kappa shape index (κ1) is 17.7. The van der Waals surface area contributed by atoms with Crippen molar-refractivity contribution in [3.8, 4) is 5.75 Å². The Morgan fingerprint density at radius 3 is 2.93 bits per heavy atom. The summed E-state index contributed by atoms with van der Waals surface area (Å²) in [6.07, 6.45) is 4.26. The van der Waals surface area contributed by atoms with Crippen LogP contribution in [0.5, 0.6) is 5.75 Å². The molecule has 0 saturated carbocycles. The van der Waals surface area contributed by atoms with Crippen molar-refractivity contribution >= 4 is 10.9 Å². The lowest BCUT2D eigenvalue weighted by Gasteiger charge is -2.26. The van der Waals surface area contributed by atoms with Gasteiger partial charge in [0.25, 0.3) is 0 Å². The zero-order valence-corrected chi connectivity index (χ0v) is 14.9. The highest BCUT2D eigenvalue weighted by Crippen LogP contribution is 2.26. The van der Waals surface area contributed by atoms with E-state index in [1.165, 1.54) is 12.3 Å². The van der Waals surface area contributed by atoms with Crippen molar-refractivity contribution in [2.45, 2.75) is 19.6 Å². The number of halogens is 1. The van der Waals surface area contributed by atoms with Gasteiger partial charge in [-0.15, -0.1) is 5.10 Å². The molecule has 2 aromatic heterocycles. The summed E-state index contributed by atoms with van der Waals surface area (Å²) in [5.41, 5.74) is 1.14. The van der Waals surface area contributed by atoms with Crippen molar-refractivity contribution in [2.75, 3.05) is 32.8 Å². The maximum atomic E-state index is 14.1. The molecule has 0 N–H and O–H groups in total. The van der Waals surface area contributed by atoms with E-state index in [0.29, 0.717) is 22.3 Å². The topological polar surface area (TPSA) is 78.2 Å². The SMILES string of the molecule is Fc1cccc2nncc(OCc3cn(CCCN4CCOCC4)nn3)c12. The lowest BCUT2D eigenvalue weighted by molar-refractivity contribution is 0.0368. The van der Waals surface area contributed by atoms with Gasteiger partial charge in [0, 0.05) is 26.2 Å². The molecule has 0 amide bonds. The van der Waals surface area contributed by atoms with Gasteiger partial charge in [0.1, 0.15) is 18.1 Å². The van der Waals surface area contributed by atoms with Crippen molar-refractivity contribution in [2.24, 2.45) is 0 Å². The second-order valence-corrected chi connectivity index (χ2v) is 6.41. The Morgan fingerprint density at radius 2 is 2.04 bits per heavy atom. The summed E-state index contributed by atoms with van der Waals surface area (Å²) in [6, 6.07) is 4.67. The van der Waals surface area contributed by atoms with Crippen LogP contribution in [0.25, 0.3) is 10.9 Å². The van der Waals surface area contributed by atoms with Gasteiger partial charge in [-0.05, 0) is 18.6 Å². The van der Waals surface area contributed by atoms with E-state index in [2.05, 4.69) is 25.4 Å². The van der Waals surface area contributed by atoms with Gasteiger partial charge in [0.05, 0.1) is 36.5 Å². The maximum Gasteiger partial charge on any atom is 0.152 e. The zero-order chi connectivity index (χ0) is 18.5. The fourth-order valence-electron chi connectivity index (χ4n) is 3.10. The van der Waals surface area contributed by atoms with Crippen molar-refractivity contribution in [1.29, 1.82) is 0 Å². The summed E-state index contributed by atoms with van der Waals surface area (Å²) in [5.74, 6) is -0.0378. The van der Waals surface area contributed by atoms with Crippen LogP contribution in [0, 0.1) is 5.82 Å². The molecule has 1 aliphatic rings. The molecule has 0 spiro atoms. The first-order chi connectivity index (χ1) is 13.3. The maximum absolute atomic E-state index is 14.1. The molecule has 3 aromatic rings. The molecule has 1 fully saturated rings. The van der Waals surface area contributed by atoms with Gasteiger partial charge in [-0.1, -0.05) is 11.3 Å². The molecule has 0 radical (unpaired) electrons. The van der Waals surface area contributed by atoms with E-state index in [0.717, 1.165) is 45.8 Å². The fourth-order valence-corrected chi connectivity index (χ4v) is 3.10. The molecule has 142 valence electrons. The van der Waals surface area contributed by atoms with E-state index in [4.69, 9.17) is 9.47 Å². The molecule has 9 heteroatoms. The van der Waals surface area contributed by atoms with Crippen LogP contribution in [0.2, 0.25) is 0 Å². The number of fused-ring (bicyclic) bond motifs is 1. The summed E-state index contributed by atoms with van der Waals surface area (Å²) >= 11 is 0. The molecular formula is C18H21FN6O2. The number of morpholine rings is 1. The first-order valence-corrected chi connectivity index (χ1v) is 9.01. The average Bonchev–Trinajstić information content (AvgIpc) is 3.15. The Morgan fingerprint density at radius 1 is 1.15 bits per heavy atom. The van der Waals surface area contributed by atoms with Crippen LogP contribution in [0.15, 0.2) is 30.6 Å². The van der Waals surface area contributed by atoms with E-state index in [-0.39, 0.29) is 12.4 Å². The van der Waals surface area contributed by atoms with Gasteiger partial charge in [-0.25, -0.2) is 4.39 Å².